The molecular weight excluding hydrogens is 266 g/mol. The van der Waals surface area contributed by atoms with Crippen molar-refractivity contribution in [3.05, 3.63) is 0 Å². The van der Waals surface area contributed by atoms with Gasteiger partial charge in [-0.2, -0.15) is 0 Å². The van der Waals surface area contributed by atoms with Crippen LogP contribution in [0.2, 0.25) is 0 Å². The Labute approximate surface area is 117 Å². The van der Waals surface area contributed by atoms with Crippen LogP contribution in [0.1, 0.15) is 19.8 Å². The van der Waals surface area contributed by atoms with Gasteiger partial charge in [0, 0.05) is 33.2 Å². The lowest BCUT2D eigenvalue weighted by atomic mass is 10.1. The zero-order chi connectivity index (χ0) is 15.1. The topological polar surface area (TPSA) is 108 Å². The van der Waals surface area contributed by atoms with E-state index in [-0.39, 0.29) is 24.5 Å². The van der Waals surface area contributed by atoms with Crippen LogP contribution in [-0.4, -0.2) is 66.8 Å². The number of methoxy groups -OCH3 is 1. The Bertz CT molecular complexity index is 366. The van der Waals surface area contributed by atoms with E-state index >= 15 is 0 Å². The Balaban J connectivity index is 2.32. The summed E-state index contributed by atoms with van der Waals surface area (Å²) in [6.07, 6.45) is 0.343. The highest BCUT2D eigenvalue weighted by molar-refractivity contribution is 5.77. The molecule has 0 bridgehead atoms. The summed E-state index contributed by atoms with van der Waals surface area (Å²) in [5.74, 6) is -1.19. The molecule has 1 heterocycles. The van der Waals surface area contributed by atoms with Gasteiger partial charge in [0.25, 0.3) is 0 Å². The molecule has 1 atom stereocenters. The number of rotatable bonds is 5. The van der Waals surface area contributed by atoms with E-state index in [0.717, 1.165) is 0 Å². The van der Waals surface area contributed by atoms with Crippen molar-refractivity contribution in [2.75, 3.05) is 26.7 Å². The average molecular weight is 287 g/mol. The summed E-state index contributed by atoms with van der Waals surface area (Å²) in [6.45, 7) is 2.45. The SMILES string of the molecule is COC(CNC(=O)N1CCC(NC(C)=O)CC1)C(=O)O. The number of nitrogens with zero attached hydrogens (tertiary/aromatic N) is 1. The van der Waals surface area contributed by atoms with Crippen molar-refractivity contribution in [2.24, 2.45) is 0 Å². The minimum Gasteiger partial charge on any atom is -0.479 e. The van der Waals surface area contributed by atoms with E-state index in [1.54, 1.807) is 4.90 Å². The van der Waals surface area contributed by atoms with Crippen LogP contribution in [-0.2, 0) is 14.3 Å². The minimum atomic E-state index is -1.11. The number of nitrogens with one attached hydrogen (secondary N) is 2. The maximum atomic E-state index is 11.8. The lowest BCUT2D eigenvalue weighted by molar-refractivity contribution is -0.148. The number of carboxylic acids is 1. The number of aliphatic carboxylic acids is 1. The van der Waals surface area contributed by atoms with E-state index in [4.69, 9.17) is 9.84 Å². The summed E-state index contributed by atoms with van der Waals surface area (Å²) >= 11 is 0. The van der Waals surface area contributed by atoms with Gasteiger partial charge in [-0.15, -0.1) is 0 Å². The highest BCUT2D eigenvalue weighted by atomic mass is 16.5. The number of ether oxygens (including phenoxy) is 1. The van der Waals surface area contributed by atoms with E-state index in [0.29, 0.717) is 25.9 Å². The van der Waals surface area contributed by atoms with Crippen LogP contribution >= 0.6 is 0 Å². The maximum absolute atomic E-state index is 11.8. The first-order valence-corrected chi connectivity index (χ1v) is 6.49. The van der Waals surface area contributed by atoms with Gasteiger partial charge in [0.1, 0.15) is 0 Å². The number of hydrogen-bond acceptors (Lipinski definition) is 4. The Morgan fingerprint density at radius 3 is 2.40 bits per heavy atom. The van der Waals surface area contributed by atoms with Crippen molar-refractivity contribution in [1.82, 2.24) is 15.5 Å². The van der Waals surface area contributed by atoms with E-state index in [1.165, 1.54) is 14.0 Å². The van der Waals surface area contributed by atoms with Gasteiger partial charge in [-0.1, -0.05) is 0 Å². The molecule has 20 heavy (non-hydrogen) atoms. The predicted octanol–water partition coefficient (Wildman–Crippen LogP) is -0.604. The zero-order valence-electron chi connectivity index (χ0n) is 11.7. The van der Waals surface area contributed by atoms with Crippen molar-refractivity contribution >= 4 is 17.9 Å². The number of carbonyl (C=O) groups is 3. The van der Waals surface area contributed by atoms with Crippen LogP contribution in [0, 0.1) is 0 Å². The third-order valence-electron chi connectivity index (χ3n) is 3.19. The smallest absolute Gasteiger partial charge is 0.334 e. The van der Waals surface area contributed by atoms with Gasteiger partial charge in [0.05, 0.1) is 6.54 Å². The van der Waals surface area contributed by atoms with Crippen LogP contribution in [0.5, 0.6) is 0 Å². The van der Waals surface area contributed by atoms with Crippen molar-refractivity contribution in [2.45, 2.75) is 31.9 Å². The minimum absolute atomic E-state index is 0.0719. The van der Waals surface area contributed by atoms with Gasteiger partial charge in [0.2, 0.25) is 5.91 Å². The molecule has 1 unspecified atom stereocenters. The molecule has 8 nitrogen and oxygen atoms in total. The molecular formula is C12H21N3O5. The van der Waals surface area contributed by atoms with Crippen LogP contribution in [0.4, 0.5) is 4.79 Å². The molecule has 8 heteroatoms. The lowest BCUT2D eigenvalue weighted by Gasteiger charge is -2.32. The molecule has 3 N–H and O–H groups in total. The zero-order valence-corrected chi connectivity index (χ0v) is 11.7. The van der Waals surface area contributed by atoms with Crippen LogP contribution in [0.25, 0.3) is 0 Å². The van der Waals surface area contributed by atoms with Crippen molar-refractivity contribution in [3.63, 3.8) is 0 Å². The van der Waals surface area contributed by atoms with E-state index in [1.807, 2.05) is 0 Å². The first kappa shape index (κ1) is 16.2. The van der Waals surface area contributed by atoms with Gasteiger partial charge < -0.3 is 25.4 Å². The van der Waals surface area contributed by atoms with E-state index in [9.17, 15) is 14.4 Å². The number of amides is 3. The quantitative estimate of drug-likeness (QED) is 0.625. The number of urea groups is 1. The molecule has 3 amide bonds. The lowest BCUT2D eigenvalue weighted by Crippen LogP contribution is -2.50. The molecule has 1 aliphatic heterocycles. The third-order valence-corrected chi connectivity index (χ3v) is 3.19. The second-order valence-electron chi connectivity index (χ2n) is 4.71. The highest BCUT2D eigenvalue weighted by Gasteiger charge is 2.24. The monoisotopic (exact) mass is 287 g/mol. The van der Waals surface area contributed by atoms with Crippen LogP contribution < -0.4 is 10.6 Å². The molecule has 1 fully saturated rings. The van der Waals surface area contributed by atoms with Crippen molar-refractivity contribution < 1.29 is 24.2 Å². The van der Waals surface area contributed by atoms with Crippen molar-refractivity contribution in [1.29, 1.82) is 0 Å². The second kappa shape index (κ2) is 7.68. The largest absolute Gasteiger partial charge is 0.479 e. The molecule has 0 aromatic heterocycles. The van der Waals surface area contributed by atoms with Gasteiger partial charge in [-0.25, -0.2) is 9.59 Å². The standard InChI is InChI=1S/C12H21N3O5/c1-8(16)14-9-3-5-15(6-4-9)12(19)13-7-10(20-2)11(17)18/h9-10H,3-7H2,1-2H3,(H,13,19)(H,14,16)(H,17,18). The molecule has 0 aromatic rings. The maximum Gasteiger partial charge on any atom is 0.334 e. The summed E-state index contributed by atoms with van der Waals surface area (Å²) in [5, 5.41) is 14.1. The molecule has 0 saturated carbocycles. The second-order valence-corrected chi connectivity index (χ2v) is 4.71. The fourth-order valence-corrected chi connectivity index (χ4v) is 2.08. The fourth-order valence-electron chi connectivity index (χ4n) is 2.08. The van der Waals surface area contributed by atoms with Gasteiger partial charge in [0.15, 0.2) is 6.10 Å². The van der Waals surface area contributed by atoms with E-state index in [2.05, 4.69) is 10.6 Å². The van der Waals surface area contributed by atoms with E-state index < -0.39 is 12.1 Å². The molecule has 0 radical (unpaired) electrons. The third kappa shape index (κ3) is 5.04. The molecule has 114 valence electrons. The number of carboxylic acid groups (broad SMARTS) is 1. The van der Waals surface area contributed by atoms with Gasteiger partial charge in [-0.3, -0.25) is 4.79 Å². The summed E-state index contributed by atoms with van der Waals surface area (Å²) in [7, 11) is 1.28. The van der Waals surface area contributed by atoms with Crippen molar-refractivity contribution in [3.8, 4) is 0 Å². The number of likely N-dealkylation sites (tertiary alicyclic amines) is 1. The summed E-state index contributed by atoms with van der Waals surface area (Å²) in [4.78, 5) is 35.1. The number of carbonyl (C=O) groups excluding carboxylic acids is 2. The van der Waals surface area contributed by atoms with Crippen LogP contribution in [0.15, 0.2) is 0 Å². The normalized spacial score (nSPS) is 17.4. The number of piperidine rings is 1. The Morgan fingerprint density at radius 2 is 1.95 bits per heavy atom. The molecule has 0 aliphatic carbocycles. The summed E-state index contributed by atoms with van der Waals surface area (Å²) in [5.41, 5.74) is 0. The van der Waals surface area contributed by atoms with Crippen LogP contribution in [0.3, 0.4) is 0 Å². The first-order valence-electron chi connectivity index (χ1n) is 6.49. The first-order chi connectivity index (χ1) is 9.43. The average Bonchev–Trinajstić information content (AvgIpc) is 2.39. The Hall–Kier alpha value is -1.83. The molecule has 1 aliphatic rings. The molecule has 1 saturated heterocycles. The molecule has 1 rings (SSSR count). The fraction of sp³-hybridized carbons (Fsp3) is 0.750. The summed E-state index contributed by atoms with van der Waals surface area (Å²) < 4.78 is 4.73. The Kier molecular flexibility index (Phi) is 6.23. The van der Waals surface area contributed by atoms with Gasteiger partial charge >= 0.3 is 12.0 Å². The van der Waals surface area contributed by atoms with Gasteiger partial charge in [-0.05, 0) is 12.8 Å². The predicted molar refractivity (Wildman–Crippen MR) is 70.2 cm³/mol. The molecule has 0 spiro atoms. The Morgan fingerprint density at radius 1 is 1.35 bits per heavy atom. The summed E-state index contributed by atoms with van der Waals surface area (Å²) in [6, 6.07) is -0.211. The highest BCUT2D eigenvalue weighted by Crippen LogP contribution is 2.10. The number of hydrogen-bond donors (Lipinski definition) is 3. The molecule has 0 aromatic carbocycles.